The molecule has 2 N–H and O–H groups in total. The highest BCUT2D eigenvalue weighted by Crippen LogP contribution is 2.39. The highest BCUT2D eigenvalue weighted by molar-refractivity contribution is 5.71. The second-order valence-corrected chi connectivity index (χ2v) is 9.25. The Morgan fingerprint density at radius 1 is 1.00 bits per heavy atom. The van der Waals surface area contributed by atoms with Crippen molar-refractivity contribution >= 4 is 17.3 Å². The average molecular weight is 437 g/mol. The van der Waals surface area contributed by atoms with Gasteiger partial charge in [-0.1, -0.05) is 6.07 Å². The topological polar surface area (TPSA) is 74.8 Å². The van der Waals surface area contributed by atoms with Crippen LogP contribution in [0.1, 0.15) is 36.3 Å². The molecule has 0 saturated carbocycles. The number of benzene rings is 1. The van der Waals surface area contributed by atoms with E-state index in [4.69, 9.17) is 9.47 Å². The number of aromatic nitrogens is 2. The standard InChI is InChI=1S/C24H32N6O2/c1-2-22-21(13-18(1)17-4-7-29(8-5-17)19-3-6-25-14-19)28-23-20(15-32-22)24(27-16-26-23)30-9-11-31-12-10-30/h1-2,13,16-17,19,25H,3-12,14-15H2,(H,26,27,28). The van der Waals surface area contributed by atoms with Crippen molar-refractivity contribution in [1.29, 1.82) is 0 Å². The van der Waals surface area contributed by atoms with Crippen LogP contribution in [0, 0.1) is 0 Å². The van der Waals surface area contributed by atoms with Gasteiger partial charge in [0.05, 0.1) is 24.5 Å². The predicted molar refractivity (Wildman–Crippen MR) is 124 cm³/mol. The van der Waals surface area contributed by atoms with E-state index in [0.29, 0.717) is 12.5 Å². The van der Waals surface area contributed by atoms with Crippen molar-refractivity contribution < 1.29 is 9.47 Å². The Hall–Kier alpha value is -2.42. The minimum Gasteiger partial charge on any atom is -0.486 e. The number of hydrogen-bond acceptors (Lipinski definition) is 8. The van der Waals surface area contributed by atoms with Gasteiger partial charge in [0, 0.05) is 25.7 Å². The number of anilines is 3. The Morgan fingerprint density at radius 2 is 1.88 bits per heavy atom. The summed E-state index contributed by atoms with van der Waals surface area (Å²) in [7, 11) is 0. The van der Waals surface area contributed by atoms with Gasteiger partial charge in [0.25, 0.3) is 0 Å². The monoisotopic (exact) mass is 436 g/mol. The summed E-state index contributed by atoms with van der Waals surface area (Å²) in [5, 5.41) is 7.06. The Bertz CT molecular complexity index is 950. The summed E-state index contributed by atoms with van der Waals surface area (Å²) in [5.74, 6) is 3.28. The minimum absolute atomic E-state index is 0.468. The second kappa shape index (κ2) is 8.84. The number of fused-ring (bicyclic) bond motifs is 2. The first-order chi connectivity index (χ1) is 15.8. The van der Waals surface area contributed by atoms with Gasteiger partial charge in [-0.2, -0.15) is 0 Å². The molecular weight excluding hydrogens is 404 g/mol. The van der Waals surface area contributed by atoms with Crippen LogP contribution in [0.5, 0.6) is 5.75 Å². The van der Waals surface area contributed by atoms with E-state index in [1.807, 2.05) is 0 Å². The van der Waals surface area contributed by atoms with Crippen LogP contribution in [0.15, 0.2) is 24.5 Å². The lowest BCUT2D eigenvalue weighted by Crippen LogP contribution is -2.42. The van der Waals surface area contributed by atoms with Gasteiger partial charge in [-0.15, -0.1) is 0 Å². The van der Waals surface area contributed by atoms with E-state index in [9.17, 15) is 0 Å². The molecule has 170 valence electrons. The van der Waals surface area contributed by atoms with Crippen molar-refractivity contribution in [3.05, 3.63) is 35.7 Å². The zero-order chi connectivity index (χ0) is 21.3. The van der Waals surface area contributed by atoms with E-state index in [0.717, 1.165) is 67.5 Å². The van der Waals surface area contributed by atoms with Crippen LogP contribution >= 0.6 is 0 Å². The lowest BCUT2D eigenvalue weighted by atomic mass is 9.88. The molecule has 0 amide bonds. The molecule has 0 aliphatic carbocycles. The molecule has 1 atom stereocenters. The molecule has 0 spiro atoms. The van der Waals surface area contributed by atoms with Crippen molar-refractivity contribution in [1.82, 2.24) is 20.2 Å². The maximum Gasteiger partial charge on any atom is 0.143 e. The fourth-order valence-corrected chi connectivity index (χ4v) is 5.54. The molecule has 5 heterocycles. The van der Waals surface area contributed by atoms with Gasteiger partial charge >= 0.3 is 0 Å². The Balaban J connectivity index is 1.20. The van der Waals surface area contributed by atoms with Crippen LogP contribution in [0.2, 0.25) is 0 Å². The fraction of sp³-hybridized carbons (Fsp3) is 0.583. The molecule has 8 nitrogen and oxygen atoms in total. The highest BCUT2D eigenvalue weighted by Gasteiger charge is 2.29. The van der Waals surface area contributed by atoms with Crippen LogP contribution < -0.4 is 20.3 Å². The van der Waals surface area contributed by atoms with Crippen LogP contribution in [-0.4, -0.2) is 73.4 Å². The summed E-state index contributed by atoms with van der Waals surface area (Å²) in [6.07, 6.45) is 5.38. The zero-order valence-electron chi connectivity index (χ0n) is 18.6. The van der Waals surface area contributed by atoms with Crippen LogP contribution in [0.4, 0.5) is 17.3 Å². The quantitative estimate of drug-likeness (QED) is 0.760. The molecule has 4 aliphatic heterocycles. The van der Waals surface area contributed by atoms with E-state index in [1.165, 1.54) is 44.5 Å². The van der Waals surface area contributed by atoms with E-state index in [1.54, 1.807) is 6.33 Å². The van der Waals surface area contributed by atoms with Gasteiger partial charge in [0.15, 0.2) is 0 Å². The minimum atomic E-state index is 0.468. The molecule has 2 aromatic rings. The summed E-state index contributed by atoms with van der Waals surface area (Å²) in [5.41, 5.74) is 3.43. The van der Waals surface area contributed by atoms with Gasteiger partial charge in [0.2, 0.25) is 0 Å². The first kappa shape index (κ1) is 20.2. The first-order valence-electron chi connectivity index (χ1n) is 12.0. The van der Waals surface area contributed by atoms with Gasteiger partial charge < -0.3 is 25.0 Å². The van der Waals surface area contributed by atoms with Gasteiger partial charge in [-0.3, -0.25) is 4.90 Å². The van der Waals surface area contributed by atoms with Gasteiger partial charge in [-0.05, 0) is 62.5 Å². The van der Waals surface area contributed by atoms with Crippen LogP contribution in [0.25, 0.3) is 0 Å². The Labute approximate surface area is 189 Å². The third-order valence-electron chi connectivity index (χ3n) is 7.41. The number of likely N-dealkylation sites (tertiary alicyclic amines) is 1. The molecule has 1 aromatic heterocycles. The van der Waals surface area contributed by atoms with E-state index >= 15 is 0 Å². The van der Waals surface area contributed by atoms with Crippen molar-refractivity contribution in [2.24, 2.45) is 0 Å². The number of morpholine rings is 1. The lowest BCUT2D eigenvalue weighted by Gasteiger charge is -2.36. The van der Waals surface area contributed by atoms with Crippen molar-refractivity contribution in [2.45, 2.75) is 37.8 Å². The molecule has 8 heteroatoms. The average Bonchev–Trinajstić information content (AvgIpc) is 3.32. The van der Waals surface area contributed by atoms with E-state index in [2.05, 4.69) is 48.6 Å². The summed E-state index contributed by atoms with van der Waals surface area (Å²) < 4.78 is 11.7. The first-order valence-corrected chi connectivity index (χ1v) is 12.0. The number of nitrogens with one attached hydrogen (secondary N) is 2. The Morgan fingerprint density at radius 3 is 2.69 bits per heavy atom. The summed E-state index contributed by atoms with van der Waals surface area (Å²) >= 11 is 0. The number of ether oxygens (including phenoxy) is 2. The third kappa shape index (κ3) is 3.91. The molecule has 3 saturated heterocycles. The highest BCUT2D eigenvalue weighted by atomic mass is 16.5. The van der Waals surface area contributed by atoms with Crippen LogP contribution in [-0.2, 0) is 11.3 Å². The summed E-state index contributed by atoms with van der Waals surface area (Å²) in [6.45, 7) is 8.31. The number of rotatable bonds is 3. The normalized spacial score (nSPS) is 24.2. The van der Waals surface area contributed by atoms with Crippen molar-refractivity contribution in [3.63, 3.8) is 0 Å². The number of piperidine rings is 1. The van der Waals surface area contributed by atoms with E-state index in [-0.39, 0.29) is 0 Å². The maximum atomic E-state index is 6.22. The Kier molecular flexibility index (Phi) is 5.58. The largest absolute Gasteiger partial charge is 0.486 e. The smallest absolute Gasteiger partial charge is 0.143 e. The molecular formula is C24H32N6O2. The second-order valence-electron chi connectivity index (χ2n) is 9.25. The molecule has 4 aliphatic rings. The maximum absolute atomic E-state index is 6.22. The lowest BCUT2D eigenvalue weighted by molar-refractivity contribution is 0.122. The summed E-state index contributed by atoms with van der Waals surface area (Å²) in [6, 6.07) is 7.38. The molecule has 3 fully saturated rings. The van der Waals surface area contributed by atoms with Crippen molar-refractivity contribution in [3.8, 4) is 5.75 Å². The molecule has 0 bridgehead atoms. The van der Waals surface area contributed by atoms with Crippen LogP contribution in [0.3, 0.4) is 0 Å². The predicted octanol–water partition coefficient (Wildman–Crippen LogP) is 2.49. The zero-order valence-corrected chi connectivity index (χ0v) is 18.6. The summed E-state index contributed by atoms with van der Waals surface area (Å²) in [4.78, 5) is 14.1. The van der Waals surface area contributed by atoms with Crippen molar-refractivity contribution in [2.75, 3.05) is 62.7 Å². The molecule has 6 rings (SSSR count). The number of hydrogen-bond donors (Lipinski definition) is 2. The fourth-order valence-electron chi connectivity index (χ4n) is 5.54. The van der Waals surface area contributed by atoms with Gasteiger partial charge in [-0.25, -0.2) is 9.97 Å². The molecule has 1 aromatic carbocycles. The molecule has 1 unspecified atom stereocenters. The third-order valence-corrected chi connectivity index (χ3v) is 7.41. The van der Waals surface area contributed by atoms with Gasteiger partial charge in [0.1, 0.15) is 30.3 Å². The SMILES string of the molecule is c1nc2c(c(N3CCOCC3)n1)COc1ccc(C3CCN(C4CCNC4)CC3)cc1N2. The molecule has 32 heavy (non-hydrogen) atoms. The molecule has 0 radical (unpaired) electrons. The number of nitrogens with zero attached hydrogens (tertiary/aromatic N) is 4. The van der Waals surface area contributed by atoms with E-state index < -0.39 is 0 Å².